The zero-order chi connectivity index (χ0) is 30.3. The van der Waals surface area contributed by atoms with E-state index in [2.05, 4.69) is 36.2 Å². The molecule has 2 amide bonds. The molecule has 0 atom stereocenters. The molecule has 42 heavy (non-hydrogen) atoms. The van der Waals surface area contributed by atoms with Crippen LogP contribution < -0.4 is 5.32 Å². The van der Waals surface area contributed by atoms with E-state index in [1.165, 1.54) is 45.5 Å². The minimum atomic E-state index is -3.62. The van der Waals surface area contributed by atoms with Gasteiger partial charge in [-0.2, -0.15) is 4.31 Å². The molecule has 8 nitrogen and oxygen atoms in total. The summed E-state index contributed by atoms with van der Waals surface area (Å²) >= 11 is 1.47. The lowest BCUT2D eigenvalue weighted by Gasteiger charge is -2.28. The third kappa shape index (κ3) is 7.11. The number of thiophene rings is 1. The second-order valence-corrected chi connectivity index (χ2v) is 13.6. The summed E-state index contributed by atoms with van der Waals surface area (Å²) in [7, 11) is -3.62. The molecule has 0 fully saturated rings. The Labute approximate surface area is 254 Å². The summed E-state index contributed by atoms with van der Waals surface area (Å²) in [4.78, 5) is 32.9. The predicted molar refractivity (Wildman–Crippen MR) is 170 cm³/mol. The summed E-state index contributed by atoms with van der Waals surface area (Å²) < 4.78 is 27.2. The molecule has 0 aliphatic carbocycles. The fraction of sp³-hybridized carbons (Fsp3) is 0.438. The molecule has 1 aliphatic rings. The number of nitrogens with zero attached hydrogens (tertiary/aromatic N) is 3. The van der Waals surface area contributed by atoms with E-state index >= 15 is 0 Å². The summed E-state index contributed by atoms with van der Waals surface area (Å²) in [6, 6.07) is 16.3. The van der Waals surface area contributed by atoms with E-state index in [4.69, 9.17) is 0 Å². The molecule has 1 aliphatic heterocycles. The van der Waals surface area contributed by atoms with Gasteiger partial charge in [0, 0.05) is 56.3 Å². The number of rotatable bonds is 13. The molecule has 1 aromatic heterocycles. The van der Waals surface area contributed by atoms with E-state index in [9.17, 15) is 18.0 Å². The van der Waals surface area contributed by atoms with Gasteiger partial charge in [-0.25, -0.2) is 8.42 Å². The molecule has 0 radical (unpaired) electrons. The Bertz CT molecular complexity index is 1460. The number of hydrogen-bond acceptors (Lipinski definition) is 6. The van der Waals surface area contributed by atoms with E-state index in [1.807, 2.05) is 23.1 Å². The smallest absolute Gasteiger partial charge is 0.257 e. The molecule has 0 bridgehead atoms. The first-order valence-corrected chi connectivity index (χ1v) is 17.1. The zero-order valence-electron chi connectivity index (χ0n) is 25.1. The van der Waals surface area contributed by atoms with Crippen LogP contribution in [-0.2, 0) is 29.5 Å². The van der Waals surface area contributed by atoms with Crippen molar-refractivity contribution in [1.82, 2.24) is 14.1 Å². The van der Waals surface area contributed by atoms with E-state index in [0.29, 0.717) is 48.9 Å². The van der Waals surface area contributed by atoms with E-state index in [0.717, 1.165) is 42.8 Å². The first-order valence-electron chi connectivity index (χ1n) is 14.8. The highest BCUT2D eigenvalue weighted by Gasteiger charge is 2.31. The van der Waals surface area contributed by atoms with Crippen molar-refractivity contribution in [2.45, 2.75) is 64.9 Å². The van der Waals surface area contributed by atoms with Crippen LogP contribution in [0.25, 0.3) is 0 Å². The molecule has 0 spiro atoms. The third-order valence-corrected chi connectivity index (χ3v) is 10.8. The Morgan fingerprint density at radius 2 is 1.57 bits per heavy atom. The van der Waals surface area contributed by atoms with Crippen molar-refractivity contribution in [1.29, 1.82) is 0 Å². The average Bonchev–Trinajstić information content (AvgIpc) is 3.34. The molecular weight excluding hydrogens is 569 g/mol. The molecule has 0 saturated heterocycles. The van der Waals surface area contributed by atoms with Crippen molar-refractivity contribution in [2.24, 2.45) is 0 Å². The second kappa shape index (κ2) is 14.4. The predicted octanol–water partition coefficient (Wildman–Crippen LogP) is 5.85. The second-order valence-electron chi connectivity index (χ2n) is 10.5. The molecule has 10 heteroatoms. The van der Waals surface area contributed by atoms with Gasteiger partial charge in [-0.15, -0.1) is 11.3 Å². The molecule has 4 rings (SSSR count). The van der Waals surface area contributed by atoms with E-state index in [-0.39, 0.29) is 16.7 Å². The highest BCUT2D eigenvalue weighted by Crippen LogP contribution is 2.38. The number of benzene rings is 2. The fourth-order valence-electron chi connectivity index (χ4n) is 5.43. The zero-order valence-corrected chi connectivity index (χ0v) is 26.7. The lowest BCUT2D eigenvalue weighted by molar-refractivity contribution is 0.0755. The van der Waals surface area contributed by atoms with Gasteiger partial charge in [-0.05, 0) is 54.7 Å². The van der Waals surface area contributed by atoms with Crippen molar-refractivity contribution in [3.8, 4) is 0 Å². The van der Waals surface area contributed by atoms with Gasteiger partial charge in [0.05, 0.1) is 10.5 Å². The standard InChI is InChI=1S/C32H42N4O4S2/c1-5-19-35(20-6-2)32(38)29-27-18-21-34(22-24-12-10-9-11-13-24)23-28(27)41-31(29)33-30(37)25-14-16-26(17-15-25)42(39,40)36(7-3)8-4/h9-17H,5-8,18-23H2,1-4H3,(H,33,37). The maximum Gasteiger partial charge on any atom is 0.257 e. The summed E-state index contributed by atoms with van der Waals surface area (Å²) in [6.07, 6.45) is 2.44. The van der Waals surface area contributed by atoms with Crippen molar-refractivity contribution in [3.63, 3.8) is 0 Å². The Hall–Kier alpha value is -3.05. The first-order chi connectivity index (χ1) is 20.2. The van der Waals surface area contributed by atoms with Gasteiger partial charge < -0.3 is 10.2 Å². The van der Waals surface area contributed by atoms with Crippen LogP contribution in [-0.4, -0.2) is 67.1 Å². The molecular formula is C32H42N4O4S2. The number of carbonyl (C=O) groups excluding carboxylic acids is 2. The molecule has 0 saturated carbocycles. The Balaban J connectivity index is 1.62. The van der Waals surface area contributed by atoms with Crippen molar-refractivity contribution >= 4 is 38.2 Å². The van der Waals surface area contributed by atoms with Gasteiger partial charge >= 0.3 is 0 Å². The number of anilines is 1. The molecule has 0 unspecified atom stereocenters. The van der Waals surface area contributed by atoms with Gasteiger partial charge in [-0.1, -0.05) is 58.0 Å². The van der Waals surface area contributed by atoms with Crippen LogP contribution >= 0.6 is 11.3 Å². The van der Waals surface area contributed by atoms with Gasteiger partial charge in [0.15, 0.2) is 0 Å². The normalized spacial score (nSPS) is 13.6. The topological polar surface area (TPSA) is 90.0 Å². The maximum atomic E-state index is 13.9. The molecule has 3 aromatic rings. The summed E-state index contributed by atoms with van der Waals surface area (Å²) in [5.41, 5.74) is 3.21. The SMILES string of the molecule is CCCN(CCC)C(=O)c1c(NC(=O)c2ccc(S(=O)(=O)N(CC)CC)cc2)sc2c1CCN(Cc1ccccc1)C2. The Kier molecular flexibility index (Phi) is 10.9. The number of carbonyl (C=O) groups is 2. The summed E-state index contributed by atoms with van der Waals surface area (Å²) in [5.74, 6) is -0.406. The fourth-order valence-corrected chi connectivity index (χ4v) is 8.16. The van der Waals surface area contributed by atoms with Crippen LogP contribution in [0.4, 0.5) is 5.00 Å². The number of hydrogen-bond donors (Lipinski definition) is 1. The van der Waals surface area contributed by atoms with Crippen molar-refractivity contribution in [3.05, 3.63) is 81.7 Å². The third-order valence-electron chi connectivity index (χ3n) is 7.56. The van der Waals surface area contributed by atoms with Crippen LogP contribution in [0.5, 0.6) is 0 Å². The van der Waals surface area contributed by atoms with Gasteiger partial charge in [0.1, 0.15) is 5.00 Å². The molecule has 2 aromatic carbocycles. The lowest BCUT2D eigenvalue weighted by Crippen LogP contribution is -2.35. The largest absolute Gasteiger partial charge is 0.339 e. The van der Waals surface area contributed by atoms with Crippen LogP contribution in [0.3, 0.4) is 0 Å². The summed E-state index contributed by atoms with van der Waals surface area (Å²) in [5, 5.41) is 3.59. The van der Waals surface area contributed by atoms with Crippen LogP contribution in [0.15, 0.2) is 59.5 Å². The lowest BCUT2D eigenvalue weighted by atomic mass is 10.0. The highest BCUT2D eigenvalue weighted by molar-refractivity contribution is 7.89. The minimum absolute atomic E-state index is 0.0383. The minimum Gasteiger partial charge on any atom is -0.339 e. The average molecular weight is 611 g/mol. The van der Waals surface area contributed by atoms with Gasteiger partial charge in [-0.3, -0.25) is 14.5 Å². The number of amides is 2. The van der Waals surface area contributed by atoms with E-state index < -0.39 is 10.0 Å². The number of sulfonamides is 1. The number of fused-ring (bicyclic) bond motifs is 1. The quantitative estimate of drug-likeness (QED) is 0.262. The monoisotopic (exact) mass is 610 g/mol. The van der Waals surface area contributed by atoms with Gasteiger partial charge in [0.2, 0.25) is 10.0 Å². The Morgan fingerprint density at radius 3 is 2.17 bits per heavy atom. The molecule has 2 heterocycles. The summed E-state index contributed by atoms with van der Waals surface area (Å²) in [6.45, 7) is 12.1. The van der Waals surface area contributed by atoms with Crippen molar-refractivity contribution in [2.75, 3.05) is 38.0 Å². The Morgan fingerprint density at radius 1 is 0.929 bits per heavy atom. The molecule has 1 N–H and O–H groups in total. The van der Waals surface area contributed by atoms with Crippen LogP contribution in [0, 0.1) is 0 Å². The first kappa shape index (κ1) is 31.9. The number of nitrogens with one attached hydrogen (secondary N) is 1. The van der Waals surface area contributed by atoms with Crippen LogP contribution in [0.2, 0.25) is 0 Å². The van der Waals surface area contributed by atoms with E-state index in [1.54, 1.807) is 13.8 Å². The van der Waals surface area contributed by atoms with Crippen molar-refractivity contribution < 1.29 is 18.0 Å². The highest BCUT2D eigenvalue weighted by atomic mass is 32.2. The van der Waals surface area contributed by atoms with Crippen LogP contribution in [0.1, 0.15) is 77.3 Å². The molecule has 226 valence electrons. The maximum absolute atomic E-state index is 13.9. The van der Waals surface area contributed by atoms with Gasteiger partial charge in [0.25, 0.3) is 11.8 Å².